The summed E-state index contributed by atoms with van der Waals surface area (Å²) in [4.78, 5) is 12.7. The lowest BCUT2D eigenvalue weighted by Crippen LogP contribution is -2.21. The smallest absolute Gasteiger partial charge is 0.227 e. The van der Waals surface area contributed by atoms with Crippen LogP contribution in [-0.4, -0.2) is 23.2 Å². The molecule has 1 aromatic carbocycles. The highest BCUT2D eigenvalue weighted by atomic mass is 16.5. The normalized spacial score (nSPS) is 17.9. The fourth-order valence-electron chi connectivity index (χ4n) is 3.60. The summed E-state index contributed by atoms with van der Waals surface area (Å²) in [7, 11) is 1.66. The van der Waals surface area contributed by atoms with E-state index in [2.05, 4.69) is 15.5 Å². The van der Waals surface area contributed by atoms with Gasteiger partial charge in [0.05, 0.1) is 18.5 Å². The molecule has 0 aliphatic heterocycles. The van der Waals surface area contributed by atoms with Gasteiger partial charge < -0.3 is 10.1 Å². The van der Waals surface area contributed by atoms with Gasteiger partial charge in [0.1, 0.15) is 11.4 Å². The molecule has 2 aliphatic carbocycles. The van der Waals surface area contributed by atoms with E-state index in [1.165, 1.54) is 0 Å². The Morgan fingerprint density at radius 3 is 2.67 bits per heavy atom. The highest BCUT2D eigenvalue weighted by Gasteiger charge is 2.32. The van der Waals surface area contributed by atoms with Gasteiger partial charge in [0.25, 0.3) is 0 Å². The maximum absolute atomic E-state index is 12.7. The van der Waals surface area contributed by atoms with Crippen molar-refractivity contribution in [1.82, 2.24) is 10.2 Å². The number of amides is 1. The molecule has 24 heavy (non-hydrogen) atoms. The standard InChI is InChI=1S/C19H23N3O2/c1-24-15-9-5-4-8-14(15)17-18(16(21-22-17)12-10-11-12)20-19(23)13-6-2-3-7-13/h4-5,8-9,12-13H,2-3,6-7,10-11H2,1H3,(H,20,23)(H,21,22). The van der Waals surface area contributed by atoms with Crippen molar-refractivity contribution in [3.8, 4) is 17.0 Å². The number of hydrogen-bond acceptors (Lipinski definition) is 3. The quantitative estimate of drug-likeness (QED) is 0.870. The highest BCUT2D eigenvalue weighted by Crippen LogP contribution is 2.46. The molecule has 2 aromatic rings. The Morgan fingerprint density at radius 1 is 1.21 bits per heavy atom. The van der Waals surface area contributed by atoms with Gasteiger partial charge in [-0.1, -0.05) is 25.0 Å². The van der Waals surface area contributed by atoms with Crippen LogP contribution < -0.4 is 10.1 Å². The number of nitrogens with zero attached hydrogens (tertiary/aromatic N) is 1. The molecule has 0 radical (unpaired) electrons. The minimum atomic E-state index is 0.131. The number of hydrogen-bond donors (Lipinski definition) is 2. The number of aromatic nitrogens is 2. The van der Waals surface area contributed by atoms with Crippen LogP contribution in [0.4, 0.5) is 5.69 Å². The van der Waals surface area contributed by atoms with E-state index in [1.807, 2.05) is 24.3 Å². The molecule has 0 bridgehead atoms. The molecule has 2 saturated carbocycles. The zero-order valence-corrected chi connectivity index (χ0v) is 14.0. The van der Waals surface area contributed by atoms with Gasteiger partial charge in [0, 0.05) is 17.4 Å². The monoisotopic (exact) mass is 325 g/mol. The van der Waals surface area contributed by atoms with E-state index in [9.17, 15) is 4.79 Å². The molecule has 0 atom stereocenters. The molecular weight excluding hydrogens is 302 g/mol. The van der Waals surface area contributed by atoms with Crippen LogP contribution in [0.2, 0.25) is 0 Å². The second-order valence-corrected chi connectivity index (χ2v) is 6.81. The van der Waals surface area contributed by atoms with E-state index in [-0.39, 0.29) is 11.8 Å². The lowest BCUT2D eigenvalue weighted by atomic mass is 10.0. The van der Waals surface area contributed by atoms with E-state index in [1.54, 1.807) is 7.11 Å². The Labute approximate surface area is 141 Å². The summed E-state index contributed by atoms with van der Waals surface area (Å²) in [5.41, 5.74) is 3.59. The summed E-state index contributed by atoms with van der Waals surface area (Å²) in [5, 5.41) is 10.9. The summed E-state index contributed by atoms with van der Waals surface area (Å²) in [5.74, 6) is 1.52. The van der Waals surface area contributed by atoms with Gasteiger partial charge in [-0.3, -0.25) is 9.89 Å². The van der Waals surface area contributed by atoms with E-state index in [0.29, 0.717) is 5.92 Å². The van der Waals surface area contributed by atoms with Gasteiger partial charge in [-0.15, -0.1) is 0 Å². The number of carbonyl (C=O) groups is 1. The molecule has 1 amide bonds. The van der Waals surface area contributed by atoms with Crippen LogP contribution in [0.5, 0.6) is 5.75 Å². The average molecular weight is 325 g/mol. The lowest BCUT2D eigenvalue weighted by Gasteiger charge is -2.13. The molecule has 0 saturated heterocycles. The minimum Gasteiger partial charge on any atom is -0.496 e. The number of aromatic amines is 1. The van der Waals surface area contributed by atoms with Gasteiger partial charge in [-0.25, -0.2) is 0 Å². The molecule has 126 valence electrons. The molecule has 5 heteroatoms. The molecule has 4 rings (SSSR count). The van der Waals surface area contributed by atoms with Crippen molar-refractivity contribution in [2.75, 3.05) is 12.4 Å². The van der Waals surface area contributed by atoms with Crippen molar-refractivity contribution in [1.29, 1.82) is 0 Å². The van der Waals surface area contributed by atoms with Crippen LogP contribution in [0.25, 0.3) is 11.3 Å². The second-order valence-electron chi connectivity index (χ2n) is 6.81. The van der Waals surface area contributed by atoms with Gasteiger partial charge in [-0.2, -0.15) is 5.10 Å². The van der Waals surface area contributed by atoms with Crippen LogP contribution >= 0.6 is 0 Å². The number of methoxy groups -OCH3 is 1. The fraction of sp³-hybridized carbons (Fsp3) is 0.474. The summed E-state index contributed by atoms with van der Waals surface area (Å²) in [6.45, 7) is 0. The number of anilines is 1. The molecular formula is C19H23N3O2. The van der Waals surface area contributed by atoms with E-state index in [4.69, 9.17) is 4.74 Å². The largest absolute Gasteiger partial charge is 0.496 e. The van der Waals surface area contributed by atoms with E-state index < -0.39 is 0 Å². The Morgan fingerprint density at radius 2 is 1.96 bits per heavy atom. The van der Waals surface area contributed by atoms with Gasteiger partial charge >= 0.3 is 0 Å². The Kier molecular flexibility index (Phi) is 4.00. The number of carbonyl (C=O) groups excluding carboxylic acids is 1. The van der Waals surface area contributed by atoms with Crippen molar-refractivity contribution >= 4 is 11.6 Å². The molecule has 0 spiro atoms. The fourth-order valence-corrected chi connectivity index (χ4v) is 3.60. The number of para-hydroxylation sites is 1. The molecule has 2 fully saturated rings. The maximum Gasteiger partial charge on any atom is 0.227 e. The topological polar surface area (TPSA) is 67.0 Å². The Hall–Kier alpha value is -2.30. The van der Waals surface area contributed by atoms with E-state index in [0.717, 1.165) is 66.9 Å². The first-order valence-corrected chi connectivity index (χ1v) is 8.80. The molecule has 1 aromatic heterocycles. The predicted octanol–water partition coefficient (Wildman–Crippen LogP) is 4.09. The number of H-pyrrole nitrogens is 1. The van der Waals surface area contributed by atoms with Crippen molar-refractivity contribution in [3.63, 3.8) is 0 Å². The third-order valence-corrected chi connectivity index (χ3v) is 5.12. The maximum atomic E-state index is 12.7. The summed E-state index contributed by atoms with van der Waals surface area (Å²) < 4.78 is 5.48. The van der Waals surface area contributed by atoms with Crippen molar-refractivity contribution < 1.29 is 9.53 Å². The van der Waals surface area contributed by atoms with Crippen molar-refractivity contribution in [3.05, 3.63) is 30.0 Å². The molecule has 0 unspecified atom stereocenters. The Balaban J connectivity index is 1.70. The lowest BCUT2D eigenvalue weighted by molar-refractivity contribution is -0.119. The van der Waals surface area contributed by atoms with Gasteiger partial charge in [-0.05, 0) is 37.8 Å². The third kappa shape index (κ3) is 2.79. The van der Waals surface area contributed by atoms with Crippen LogP contribution in [-0.2, 0) is 4.79 Å². The number of benzene rings is 1. The number of ether oxygens (including phenoxy) is 1. The molecule has 1 heterocycles. The van der Waals surface area contributed by atoms with Crippen LogP contribution in [0.15, 0.2) is 24.3 Å². The Bertz CT molecular complexity index is 743. The van der Waals surface area contributed by atoms with Crippen LogP contribution in [0.1, 0.15) is 50.1 Å². The third-order valence-electron chi connectivity index (χ3n) is 5.12. The number of rotatable bonds is 5. The molecule has 5 nitrogen and oxygen atoms in total. The van der Waals surface area contributed by atoms with Crippen LogP contribution in [0.3, 0.4) is 0 Å². The molecule has 2 N–H and O–H groups in total. The SMILES string of the molecule is COc1ccccc1-c1n[nH]c(C2CC2)c1NC(=O)C1CCCC1. The van der Waals surface area contributed by atoms with Gasteiger partial charge in [0.2, 0.25) is 5.91 Å². The molecule has 2 aliphatic rings. The minimum absolute atomic E-state index is 0.131. The predicted molar refractivity (Wildman–Crippen MR) is 93.1 cm³/mol. The van der Waals surface area contributed by atoms with Crippen molar-refractivity contribution in [2.45, 2.75) is 44.4 Å². The summed E-state index contributed by atoms with van der Waals surface area (Å²) >= 11 is 0. The van der Waals surface area contributed by atoms with E-state index >= 15 is 0 Å². The highest BCUT2D eigenvalue weighted by molar-refractivity contribution is 5.97. The second kappa shape index (κ2) is 6.30. The zero-order chi connectivity index (χ0) is 16.5. The average Bonchev–Trinajstić information content (AvgIpc) is 3.14. The first-order chi connectivity index (χ1) is 11.8. The number of nitrogens with one attached hydrogen (secondary N) is 2. The summed E-state index contributed by atoms with van der Waals surface area (Å²) in [6, 6.07) is 7.81. The first-order valence-electron chi connectivity index (χ1n) is 8.80. The van der Waals surface area contributed by atoms with Crippen molar-refractivity contribution in [2.24, 2.45) is 5.92 Å². The first kappa shape index (κ1) is 15.2. The van der Waals surface area contributed by atoms with Crippen LogP contribution in [0, 0.1) is 5.92 Å². The zero-order valence-electron chi connectivity index (χ0n) is 14.0. The van der Waals surface area contributed by atoms with Gasteiger partial charge in [0.15, 0.2) is 0 Å². The summed E-state index contributed by atoms with van der Waals surface area (Å²) in [6.07, 6.45) is 6.59.